The third kappa shape index (κ3) is 8.13. The van der Waals surface area contributed by atoms with Gasteiger partial charge in [-0.15, -0.1) is 12.3 Å². The van der Waals surface area contributed by atoms with E-state index in [2.05, 4.69) is 38.9 Å². The Balaban J connectivity index is 3.84. The van der Waals surface area contributed by atoms with E-state index in [9.17, 15) is 0 Å². The molecule has 0 saturated carbocycles. The van der Waals surface area contributed by atoms with Crippen LogP contribution in [0.2, 0.25) is 0 Å². The lowest BCUT2D eigenvalue weighted by Gasteiger charge is -2.26. The first kappa shape index (κ1) is 13.5. The molecule has 0 spiro atoms. The van der Waals surface area contributed by atoms with E-state index in [-0.39, 0.29) is 0 Å². The Hall–Kier alpha value is -0.480. The average Bonchev–Trinajstić information content (AvgIpc) is 2.02. The molecule has 82 valence electrons. The van der Waals surface area contributed by atoms with Gasteiger partial charge in [0.15, 0.2) is 0 Å². The van der Waals surface area contributed by atoms with Crippen molar-refractivity contribution < 1.29 is 0 Å². The topological polar surface area (TPSA) is 12.0 Å². The molecule has 1 nitrogen and oxygen atoms in total. The second-order valence-electron chi connectivity index (χ2n) is 5.12. The standard InChI is InChI=1S/C13H25N/c1-6-8-9-10-12(14-7-2)11-13(3,4)5/h1,12,14H,7-11H2,2-5H3. The third-order valence-corrected chi connectivity index (χ3v) is 2.23. The summed E-state index contributed by atoms with van der Waals surface area (Å²) in [6.45, 7) is 10.1. The molecule has 0 amide bonds. The Morgan fingerprint density at radius 1 is 1.36 bits per heavy atom. The lowest BCUT2D eigenvalue weighted by atomic mass is 9.86. The van der Waals surface area contributed by atoms with Crippen molar-refractivity contribution in [3.63, 3.8) is 0 Å². The van der Waals surface area contributed by atoms with Crippen LogP contribution in [0.3, 0.4) is 0 Å². The van der Waals surface area contributed by atoms with Crippen molar-refractivity contribution in [2.45, 2.75) is 59.4 Å². The second kappa shape index (κ2) is 6.90. The molecule has 0 rings (SSSR count). The molecule has 0 heterocycles. The van der Waals surface area contributed by atoms with E-state index in [4.69, 9.17) is 6.42 Å². The van der Waals surface area contributed by atoms with Gasteiger partial charge in [0.1, 0.15) is 0 Å². The first-order valence-corrected chi connectivity index (χ1v) is 5.66. The predicted octanol–water partition coefficient (Wildman–Crippen LogP) is 3.20. The van der Waals surface area contributed by atoms with Gasteiger partial charge in [0.05, 0.1) is 0 Å². The predicted molar refractivity (Wildman–Crippen MR) is 64.2 cm³/mol. The molecule has 1 atom stereocenters. The van der Waals surface area contributed by atoms with Crippen molar-refractivity contribution in [2.24, 2.45) is 5.41 Å². The summed E-state index contributed by atoms with van der Waals surface area (Å²) in [5, 5.41) is 3.53. The van der Waals surface area contributed by atoms with E-state index >= 15 is 0 Å². The molecule has 0 aromatic carbocycles. The largest absolute Gasteiger partial charge is 0.314 e. The van der Waals surface area contributed by atoms with Gasteiger partial charge in [-0.3, -0.25) is 0 Å². The summed E-state index contributed by atoms with van der Waals surface area (Å²) in [7, 11) is 0. The number of terminal acetylenes is 1. The molecule has 0 aliphatic carbocycles. The van der Waals surface area contributed by atoms with Crippen molar-refractivity contribution in [2.75, 3.05) is 6.54 Å². The summed E-state index contributed by atoms with van der Waals surface area (Å²) < 4.78 is 0. The van der Waals surface area contributed by atoms with Crippen LogP contribution in [0.15, 0.2) is 0 Å². The molecule has 1 heteroatoms. The Kier molecular flexibility index (Phi) is 6.66. The quantitative estimate of drug-likeness (QED) is 0.507. The number of rotatable bonds is 6. The number of hydrogen-bond acceptors (Lipinski definition) is 1. The van der Waals surface area contributed by atoms with E-state index in [0.717, 1.165) is 19.4 Å². The fourth-order valence-electron chi connectivity index (χ4n) is 1.75. The van der Waals surface area contributed by atoms with Crippen LogP contribution in [0.5, 0.6) is 0 Å². The number of hydrogen-bond donors (Lipinski definition) is 1. The van der Waals surface area contributed by atoms with Crippen molar-refractivity contribution >= 4 is 0 Å². The molecular weight excluding hydrogens is 170 g/mol. The van der Waals surface area contributed by atoms with Crippen LogP contribution in [0.4, 0.5) is 0 Å². The van der Waals surface area contributed by atoms with E-state index in [1.165, 1.54) is 12.8 Å². The molecule has 0 aromatic heterocycles. The summed E-state index contributed by atoms with van der Waals surface area (Å²) in [5.74, 6) is 2.70. The Morgan fingerprint density at radius 3 is 2.43 bits per heavy atom. The van der Waals surface area contributed by atoms with Gasteiger partial charge in [-0.1, -0.05) is 27.7 Å². The summed E-state index contributed by atoms with van der Waals surface area (Å²) in [5.41, 5.74) is 0.406. The SMILES string of the molecule is C#CCCCC(CC(C)(C)C)NCC. The highest BCUT2D eigenvalue weighted by Gasteiger charge is 2.17. The highest BCUT2D eigenvalue weighted by molar-refractivity contribution is 4.84. The van der Waals surface area contributed by atoms with Gasteiger partial charge in [-0.25, -0.2) is 0 Å². The van der Waals surface area contributed by atoms with Gasteiger partial charge >= 0.3 is 0 Å². The Labute approximate surface area is 89.7 Å². The molecule has 0 radical (unpaired) electrons. The highest BCUT2D eigenvalue weighted by atomic mass is 14.9. The van der Waals surface area contributed by atoms with Crippen LogP contribution < -0.4 is 5.32 Å². The maximum absolute atomic E-state index is 5.25. The van der Waals surface area contributed by atoms with Crippen molar-refractivity contribution in [1.82, 2.24) is 5.32 Å². The number of nitrogens with one attached hydrogen (secondary N) is 1. The minimum Gasteiger partial charge on any atom is -0.314 e. The van der Waals surface area contributed by atoms with Gasteiger partial charge in [-0.05, 0) is 31.2 Å². The van der Waals surface area contributed by atoms with Gasteiger partial charge in [0, 0.05) is 12.5 Å². The molecule has 1 N–H and O–H groups in total. The van der Waals surface area contributed by atoms with E-state index in [1.54, 1.807) is 0 Å². The maximum Gasteiger partial charge on any atom is 0.00866 e. The highest BCUT2D eigenvalue weighted by Crippen LogP contribution is 2.22. The van der Waals surface area contributed by atoms with Crippen LogP contribution in [0.1, 0.15) is 53.4 Å². The normalized spacial score (nSPS) is 13.6. The second-order valence-corrected chi connectivity index (χ2v) is 5.12. The van der Waals surface area contributed by atoms with Gasteiger partial charge in [0.2, 0.25) is 0 Å². The molecule has 14 heavy (non-hydrogen) atoms. The molecule has 0 fully saturated rings. The number of unbranched alkanes of at least 4 members (excludes halogenated alkanes) is 1. The van der Waals surface area contributed by atoms with Crippen LogP contribution >= 0.6 is 0 Å². The van der Waals surface area contributed by atoms with Crippen molar-refractivity contribution in [3.8, 4) is 12.3 Å². The van der Waals surface area contributed by atoms with Crippen LogP contribution in [0.25, 0.3) is 0 Å². The minimum atomic E-state index is 0.406. The fraction of sp³-hybridized carbons (Fsp3) is 0.846. The van der Waals surface area contributed by atoms with Gasteiger partial charge in [0.25, 0.3) is 0 Å². The lowest BCUT2D eigenvalue weighted by molar-refractivity contribution is 0.298. The van der Waals surface area contributed by atoms with Crippen molar-refractivity contribution in [3.05, 3.63) is 0 Å². The van der Waals surface area contributed by atoms with Crippen LogP contribution in [0, 0.1) is 17.8 Å². The molecule has 0 aliphatic heterocycles. The first-order valence-electron chi connectivity index (χ1n) is 5.66. The zero-order valence-electron chi connectivity index (χ0n) is 10.2. The summed E-state index contributed by atoms with van der Waals surface area (Å²) >= 11 is 0. The van der Waals surface area contributed by atoms with Crippen LogP contribution in [-0.4, -0.2) is 12.6 Å². The Bertz CT molecular complexity index is 171. The fourth-order valence-corrected chi connectivity index (χ4v) is 1.75. The smallest absolute Gasteiger partial charge is 0.00866 e. The van der Waals surface area contributed by atoms with Crippen molar-refractivity contribution in [1.29, 1.82) is 0 Å². The molecule has 0 aliphatic rings. The zero-order valence-corrected chi connectivity index (χ0v) is 10.2. The molecule has 1 unspecified atom stereocenters. The first-order chi connectivity index (χ1) is 6.49. The summed E-state index contributed by atoms with van der Waals surface area (Å²) in [4.78, 5) is 0. The monoisotopic (exact) mass is 195 g/mol. The van der Waals surface area contributed by atoms with E-state index < -0.39 is 0 Å². The average molecular weight is 195 g/mol. The van der Waals surface area contributed by atoms with E-state index in [0.29, 0.717) is 11.5 Å². The molecular formula is C13H25N. The molecule has 0 bridgehead atoms. The molecule has 0 aromatic rings. The van der Waals surface area contributed by atoms with E-state index in [1.807, 2.05) is 0 Å². The lowest BCUT2D eigenvalue weighted by Crippen LogP contribution is -2.32. The molecule has 0 saturated heterocycles. The Morgan fingerprint density at radius 2 is 2.00 bits per heavy atom. The summed E-state index contributed by atoms with van der Waals surface area (Å²) in [6.07, 6.45) is 9.73. The van der Waals surface area contributed by atoms with Gasteiger partial charge < -0.3 is 5.32 Å². The maximum atomic E-state index is 5.25. The van der Waals surface area contributed by atoms with Crippen LogP contribution in [-0.2, 0) is 0 Å². The summed E-state index contributed by atoms with van der Waals surface area (Å²) in [6, 6.07) is 0.633. The third-order valence-electron chi connectivity index (χ3n) is 2.23. The van der Waals surface area contributed by atoms with Gasteiger partial charge in [-0.2, -0.15) is 0 Å². The zero-order chi connectivity index (χ0) is 11.0. The minimum absolute atomic E-state index is 0.406.